The minimum absolute atomic E-state index is 0.00560. The van der Waals surface area contributed by atoms with Gasteiger partial charge >= 0.3 is 24.0 Å². The summed E-state index contributed by atoms with van der Waals surface area (Å²) < 4.78 is 146. The number of carboxylic acids is 2. The lowest BCUT2D eigenvalue weighted by Gasteiger charge is -2.33. The van der Waals surface area contributed by atoms with Gasteiger partial charge in [0.25, 0.3) is 41.8 Å². The molecule has 3 heterocycles. The molecule has 1 saturated carbocycles. The van der Waals surface area contributed by atoms with Crippen molar-refractivity contribution in [3.8, 4) is 0 Å². The van der Waals surface area contributed by atoms with Crippen LogP contribution in [0.15, 0.2) is 158 Å². The second kappa shape index (κ2) is 33.1. The minimum Gasteiger partial charge on any atom is -0.480 e. The molecule has 0 radical (unpaired) electrons. The molecule has 7 aromatic rings. The number of fused-ring (bicyclic) bond motifs is 5. The number of nitrogens with two attached hydrogens (primary N) is 1. The Kier molecular flexibility index (Phi) is 25.1. The number of nitrogen functional groups attached to an aromatic ring is 1. The molecule has 34 heteroatoms. The standard InChI is InChI=1S/C74H84F3N11O17S3/c1-8-9-35-79-58(72(4,5)61-42(2)16-17-47-38-51(107(100,101)102)25-27-53(47)61)31-21-44-13-12-14-45(22-32-59-73(6,7)62-54-28-26-52(108(103,104)105)39-48(54)20-30-57(62)87(59)37-34-43(3)106(97,98)99)63(44)80-36-11-10-15-55(68(92)93)83-60(89)33-29-56(69(94)95)84-66(90)46-18-23-50(24-19-46)88(70(96)74(75,76)77)41-49-40-81-65-64(82-49)67(91)86-71(78)85-65/h16-28,30-32,38-40,43,55-56,79H,8-15,29,33-37,41H2,1-7H3,(H,83,89)(H,84,90)(H,92,93)(H,94,95)(H,97,98,99)(H,100,101,102)(H,103,104,105)(H3,78,81,85,86,91)/b44-21?,45-22+,58-31?,59-32+,80-63?/t43?,55-,56-/m0/s1. The van der Waals surface area contributed by atoms with Crippen molar-refractivity contribution in [2.24, 2.45) is 4.99 Å². The Hall–Kier alpha value is -10.3. The number of aromatic amines is 1. The Morgan fingerprint density at radius 2 is 1.41 bits per heavy atom. The number of carbonyl (C=O) groups excluding carboxylic acids is 3. The first-order valence-electron chi connectivity index (χ1n) is 34.6. The molecule has 0 spiro atoms. The quantitative estimate of drug-likeness (QED) is 0.0148. The lowest BCUT2D eigenvalue weighted by Crippen LogP contribution is -2.44. The molecule has 1 fully saturated rings. The highest BCUT2D eigenvalue weighted by molar-refractivity contribution is 7.86. The minimum atomic E-state index is -5.41. The van der Waals surface area contributed by atoms with Crippen LogP contribution in [0.4, 0.5) is 30.5 Å². The van der Waals surface area contributed by atoms with Gasteiger partial charge in [-0.1, -0.05) is 83.5 Å². The maximum Gasteiger partial charge on any atom is 0.471 e. The normalized spacial score (nSPS) is 16.8. The molecule has 1 aliphatic heterocycles. The Balaban J connectivity index is 0.966. The summed E-state index contributed by atoms with van der Waals surface area (Å²) in [6.45, 7) is 13.5. The van der Waals surface area contributed by atoms with Gasteiger partial charge in [0.05, 0.1) is 39.2 Å². The highest BCUT2D eigenvalue weighted by Gasteiger charge is 2.44. The van der Waals surface area contributed by atoms with Crippen LogP contribution in [0.5, 0.6) is 0 Å². The number of unbranched alkanes of at least 4 members (excludes halogenated alkanes) is 2. The maximum absolute atomic E-state index is 13.9. The number of rotatable bonds is 30. The Labute approximate surface area is 620 Å². The fourth-order valence-electron chi connectivity index (χ4n) is 13.6. The van der Waals surface area contributed by atoms with Gasteiger partial charge in [0.1, 0.15) is 12.1 Å². The van der Waals surface area contributed by atoms with Crippen molar-refractivity contribution in [3.63, 3.8) is 0 Å². The molecule has 0 saturated heterocycles. The number of carbonyl (C=O) groups is 5. The van der Waals surface area contributed by atoms with Gasteiger partial charge in [0.2, 0.25) is 11.9 Å². The predicted molar refractivity (Wildman–Crippen MR) is 400 cm³/mol. The van der Waals surface area contributed by atoms with Crippen LogP contribution < -0.4 is 37.0 Å². The first-order chi connectivity index (χ1) is 50.6. The number of aliphatic imine (C=N–C) groups is 1. The monoisotopic (exact) mass is 1550 g/mol. The summed E-state index contributed by atoms with van der Waals surface area (Å²) >= 11 is 0. The number of halogens is 3. The van der Waals surface area contributed by atoms with Crippen LogP contribution in [0, 0.1) is 6.92 Å². The van der Waals surface area contributed by atoms with Crippen molar-refractivity contribution in [1.29, 1.82) is 0 Å². The van der Waals surface area contributed by atoms with Crippen LogP contribution in [-0.2, 0) is 66.9 Å². The number of hydrogen-bond donors (Lipinski definition) is 10. The van der Waals surface area contributed by atoms with Gasteiger partial charge in [0, 0.05) is 65.2 Å². The predicted octanol–water partition coefficient (Wildman–Crippen LogP) is 10.3. The highest BCUT2D eigenvalue weighted by atomic mass is 32.2. The molecular formula is C74H84F3N11O17S3. The molecule has 3 amide bonds. The third-order valence-electron chi connectivity index (χ3n) is 19.2. The molecule has 11 N–H and O–H groups in total. The second-order valence-electron chi connectivity index (χ2n) is 27.6. The first kappa shape index (κ1) is 81.8. The van der Waals surface area contributed by atoms with E-state index in [4.69, 9.17) is 10.7 Å². The van der Waals surface area contributed by atoms with E-state index >= 15 is 0 Å². The van der Waals surface area contributed by atoms with Crippen molar-refractivity contribution in [2.75, 3.05) is 35.2 Å². The zero-order valence-corrected chi connectivity index (χ0v) is 62.5. The Bertz CT molecular complexity index is 5290. The van der Waals surface area contributed by atoms with Crippen LogP contribution in [0.2, 0.25) is 0 Å². The summed E-state index contributed by atoms with van der Waals surface area (Å²) in [4.78, 5) is 98.0. The van der Waals surface area contributed by atoms with Crippen LogP contribution in [0.25, 0.3) is 32.7 Å². The fourth-order valence-corrected chi connectivity index (χ4v) is 15.0. The van der Waals surface area contributed by atoms with Crippen molar-refractivity contribution in [2.45, 2.75) is 170 Å². The van der Waals surface area contributed by atoms with E-state index in [9.17, 15) is 91.1 Å². The molecule has 1 unspecified atom stereocenters. The lowest BCUT2D eigenvalue weighted by atomic mass is 9.76. The van der Waals surface area contributed by atoms with E-state index in [1.807, 2.05) is 56.0 Å². The van der Waals surface area contributed by atoms with Crippen LogP contribution in [0.3, 0.4) is 0 Å². The fraction of sp³-hybridized carbons (Fsp3) is 0.378. The number of anilines is 3. The van der Waals surface area contributed by atoms with Crippen LogP contribution in [-0.4, -0.2) is 148 Å². The van der Waals surface area contributed by atoms with Gasteiger partial charge in [-0.3, -0.25) is 47.7 Å². The number of aliphatic carboxylic acids is 2. The van der Waals surface area contributed by atoms with E-state index in [1.54, 1.807) is 30.3 Å². The van der Waals surface area contributed by atoms with E-state index in [1.165, 1.54) is 31.2 Å². The zero-order chi connectivity index (χ0) is 79.2. The molecule has 5 aromatic carbocycles. The number of H-pyrrole nitrogens is 1. The number of aryl methyl sites for hydroxylation is 1. The summed E-state index contributed by atoms with van der Waals surface area (Å²) in [5.41, 5.74) is 8.68. The van der Waals surface area contributed by atoms with Gasteiger partial charge in [-0.2, -0.15) is 43.4 Å². The third kappa shape index (κ3) is 19.2. The molecule has 1 aliphatic carbocycles. The topological polar surface area (TPSA) is 441 Å². The molecule has 28 nitrogen and oxygen atoms in total. The van der Waals surface area contributed by atoms with Crippen LogP contribution in [0.1, 0.15) is 145 Å². The average molecular weight is 1550 g/mol. The van der Waals surface area contributed by atoms with Gasteiger partial charge in [-0.25, -0.2) is 19.6 Å². The Morgan fingerprint density at radius 1 is 0.787 bits per heavy atom. The van der Waals surface area contributed by atoms with E-state index in [-0.39, 0.29) is 81.1 Å². The molecular weight excluding hydrogens is 1470 g/mol. The number of hydrogen-bond acceptors (Lipinski definition) is 19. The van der Waals surface area contributed by atoms with Gasteiger partial charge in [0.15, 0.2) is 11.2 Å². The summed E-state index contributed by atoms with van der Waals surface area (Å²) in [6, 6.07) is 16.7. The SMILES string of the molecule is CCCCNC(=CC=C1CCC/C(=C\C=C2\N(CCC(C)S(=O)(=O)O)c3ccc4cc(S(=O)(=O)O)ccc4c3C2(C)C)C1=NCCCC[C@H](NC(=O)CC[C@H](NC(=O)c1ccc(N(Cc2cnc3nc(N)[nH]c(=O)c3n2)C(=O)C(F)(F)F)cc1)C(=O)O)C(=O)O)C(C)(C)c1c(C)ccc2cc(S(=O)(=O)O)ccc12. The highest BCUT2D eigenvalue weighted by Crippen LogP contribution is 2.51. The summed E-state index contributed by atoms with van der Waals surface area (Å²) in [5, 5.41) is 30.2. The number of amides is 3. The first-order valence-corrected chi connectivity index (χ1v) is 39.0. The number of allylic oxidation sites excluding steroid dienone is 8. The average Bonchev–Trinajstić information content (AvgIpc) is 1.55. The number of alkyl halides is 3. The van der Waals surface area contributed by atoms with Gasteiger partial charge in [-0.15, -0.1) is 0 Å². The number of nitrogens with one attached hydrogen (secondary N) is 4. The second-order valence-corrected chi connectivity index (χ2v) is 32.3. The van der Waals surface area contributed by atoms with E-state index < -0.39 is 119 Å². The molecule has 108 heavy (non-hydrogen) atoms. The molecule has 576 valence electrons. The maximum atomic E-state index is 13.9. The number of nitrogens with zero attached hydrogens (tertiary/aromatic N) is 6. The lowest BCUT2D eigenvalue weighted by molar-refractivity contribution is -0.170. The summed E-state index contributed by atoms with van der Waals surface area (Å²) in [6.07, 6.45) is 6.19. The number of aromatic nitrogens is 4. The zero-order valence-electron chi connectivity index (χ0n) is 60.1. The van der Waals surface area contributed by atoms with Gasteiger partial charge < -0.3 is 36.8 Å². The molecule has 2 aliphatic rings. The van der Waals surface area contributed by atoms with Crippen molar-refractivity contribution >= 4 is 116 Å². The third-order valence-corrected chi connectivity index (χ3v) is 22.2. The molecule has 0 bridgehead atoms. The van der Waals surface area contributed by atoms with Gasteiger partial charge in [-0.05, 0) is 188 Å². The van der Waals surface area contributed by atoms with E-state index in [0.717, 1.165) is 87.9 Å². The molecule has 2 aromatic heterocycles. The molecule has 3 atom stereocenters. The van der Waals surface area contributed by atoms with E-state index in [0.29, 0.717) is 59.8 Å². The van der Waals surface area contributed by atoms with Crippen molar-refractivity contribution in [1.82, 2.24) is 35.9 Å². The summed E-state index contributed by atoms with van der Waals surface area (Å²) in [5.74, 6) is -7.53. The summed E-state index contributed by atoms with van der Waals surface area (Å²) in [7, 11) is -13.5. The molecule has 9 rings (SSSR count). The number of benzene rings is 5. The Morgan fingerprint density at radius 3 is 2.03 bits per heavy atom. The largest absolute Gasteiger partial charge is 0.480 e. The smallest absolute Gasteiger partial charge is 0.471 e. The van der Waals surface area contributed by atoms with E-state index in [2.05, 4.69) is 56.7 Å². The van der Waals surface area contributed by atoms with Crippen molar-refractivity contribution < 1.29 is 86.3 Å². The number of carboxylic acid groups (broad SMARTS) is 2. The van der Waals surface area contributed by atoms with Crippen molar-refractivity contribution in [3.05, 3.63) is 176 Å². The van der Waals surface area contributed by atoms with Crippen LogP contribution >= 0.6 is 0 Å².